The zero-order valence-corrected chi connectivity index (χ0v) is 11.4. The number of nitrogens with zero attached hydrogens (tertiary/aromatic N) is 2. The quantitative estimate of drug-likeness (QED) is 0.684. The van der Waals surface area contributed by atoms with Crippen molar-refractivity contribution in [2.24, 2.45) is 27.7 Å². The average Bonchev–Trinajstić information content (AvgIpc) is 2.57. The monoisotopic (exact) mass is 265 g/mol. The second-order valence-electron chi connectivity index (χ2n) is 5.94. The first-order valence-electron chi connectivity index (χ1n) is 6.75. The Balaban J connectivity index is 0.000000125. The van der Waals surface area contributed by atoms with Crippen LogP contribution in [0.15, 0.2) is 22.4 Å². The van der Waals surface area contributed by atoms with E-state index in [1.165, 1.54) is 25.6 Å². The predicted octanol–water partition coefficient (Wildman–Crippen LogP) is 2.53. The average molecular weight is 265 g/mol. The molecule has 0 aromatic carbocycles. The van der Waals surface area contributed by atoms with Crippen molar-refractivity contribution in [2.75, 3.05) is 18.5 Å². The molecule has 3 saturated heterocycles. The first kappa shape index (κ1) is 12.2. The maximum absolute atomic E-state index is 12.1. The smallest absolute Gasteiger partial charge is 0.117 e. The fraction of sp³-hybridized carbons (Fsp3) is 0.692. The molecule has 1 aliphatic carbocycles. The number of nitrogens with one attached hydrogen (secondary N) is 1. The van der Waals surface area contributed by atoms with Crippen LogP contribution in [-0.2, 0) is 4.57 Å². The van der Waals surface area contributed by atoms with Crippen LogP contribution < -0.4 is 5.32 Å². The van der Waals surface area contributed by atoms with Crippen molar-refractivity contribution >= 4 is 19.8 Å². The third-order valence-corrected chi connectivity index (χ3v) is 7.86. The molecule has 4 fully saturated rings. The summed E-state index contributed by atoms with van der Waals surface area (Å²) < 4.78 is 12.1. The van der Waals surface area contributed by atoms with Crippen LogP contribution in [0.2, 0.25) is 0 Å². The molecular formula is C13H20N3OP. The molecule has 1 saturated carbocycles. The SMILES string of the molecule is C1=CNC=NC=N1.O=P12CC3CC(CC(C3)C1)C2. The highest BCUT2D eigenvalue weighted by molar-refractivity contribution is 7.64. The summed E-state index contributed by atoms with van der Waals surface area (Å²) in [5.41, 5.74) is 0. The molecule has 4 bridgehead atoms. The van der Waals surface area contributed by atoms with Crippen LogP contribution in [-0.4, -0.2) is 31.2 Å². The van der Waals surface area contributed by atoms with Gasteiger partial charge in [0.2, 0.25) is 0 Å². The van der Waals surface area contributed by atoms with Gasteiger partial charge in [-0.25, -0.2) is 9.98 Å². The van der Waals surface area contributed by atoms with Crippen LogP contribution >= 0.6 is 7.14 Å². The molecule has 4 aliphatic heterocycles. The molecule has 98 valence electrons. The molecule has 5 heteroatoms. The van der Waals surface area contributed by atoms with Crippen LogP contribution in [0.25, 0.3) is 0 Å². The minimum absolute atomic E-state index is 0.882. The van der Waals surface area contributed by atoms with Crippen LogP contribution in [0.4, 0.5) is 0 Å². The van der Waals surface area contributed by atoms with E-state index in [0.29, 0.717) is 0 Å². The number of rotatable bonds is 0. The molecule has 0 spiro atoms. The lowest BCUT2D eigenvalue weighted by Gasteiger charge is -2.49. The third kappa shape index (κ3) is 2.74. The Bertz CT molecular complexity index is 385. The van der Waals surface area contributed by atoms with Crippen molar-refractivity contribution in [3.63, 3.8) is 0 Å². The Kier molecular flexibility index (Phi) is 3.38. The van der Waals surface area contributed by atoms with Crippen LogP contribution in [0.3, 0.4) is 0 Å². The fourth-order valence-corrected chi connectivity index (χ4v) is 8.23. The van der Waals surface area contributed by atoms with Gasteiger partial charge in [-0.1, -0.05) is 0 Å². The van der Waals surface area contributed by atoms with Crippen molar-refractivity contribution < 1.29 is 4.57 Å². The highest BCUT2D eigenvalue weighted by atomic mass is 31.2. The van der Waals surface area contributed by atoms with Crippen molar-refractivity contribution in [3.05, 3.63) is 12.4 Å². The standard InChI is InChI=1S/C9H15OP.C4H5N3/c10-11-4-7-1-8(5-11)3-9(2-7)6-11;1-2-6-4-7-3-5-1/h7-9H,1-6H2;1-4H,(H,5,6,7). The molecule has 1 N–H and O–H groups in total. The van der Waals surface area contributed by atoms with Crippen LogP contribution in [0.5, 0.6) is 0 Å². The zero-order chi connectivity index (χ0) is 12.4. The van der Waals surface area contributed by atoms with Gasteiger partial charge >= 0.3 is 0 Å². The first-order valence-corrected chi connectivity index (χ1v) is 9.01. The second kappa shape index (κ2) is 5.00. The van der Waals surface area contributed by atoms with E-state index < -0.39 is 7.14 Å². The van der Waals surface area contributed by atoms with Gasteiger partial charge in [0, 0.05) is 30.9 Å². The molecule has 5 rings (SSSR count). The Morgan fingerprint density at radius 2 is 1.61 bits per heavy atom. The summed E-state index contributed by atoms with van der Waals surface area (Å²) in [7, 11) is -1.57. The summed E-state index contributed by atoms with van der Waals surface area (Å²) in [5, 5.41) is 2.75. The maximum atomic E-state index is 12.1. The fourth-order valence-electron chi connectivity index (χ4n) is 4.07. The van der Waals surface area contributed by atoms with E-state index in [-0.39, 0.29) is 0 Å². The van der Waals surface area contributed by atoms with E-state index in [1.807, 2.05) is 0 Å². The van der Waals surface area contributed by atoms with Crippen molar-refractivity contribution in [1.29, 1.82) is 0 Å². The molecule has 0 atom stereocenters. The van der Waals surface area contributed by atoms with Gasteiger partial charge in [0.15, 0.2) is 0 Å². The summed E-state index contributed by atoms with van der Waals surface area (Å²) in [6.07, 6.45) is 14.0. The van der Waals surface area contributed by atoms with E-state index >= 15 is 0 Å². The Labute approximate surface area is 108 Å². The van der Waals surface area contributed by atoms with Crippen LogP contribution in [0.1, 0.15) is 19.3 Å². The zero-order valence-electron chi connectivity index (χ0n) is 10.5. The van der Waals surface area contributed by atoms with E-state index in [9.17, 15) is 4.57 Å². The van der Waals surface area contributed by atoms with Crippen molar-refractivity contribution in [3.8, 4) is 0 Å². The lowest BCUT2D eigenvalue weighted by Crippen LogP contribution is -2.40. The predicted molar refractivity (Wildman–Crippen MR) is 75.8 cm³/mol. The van der Waals surface area contributed by atoms with E-state index in [0.717, 1.165) is 36.2 Å². The van der Waals surface area contributed by atoms with Gasteiger partial charge in [0.05, 0.1) is 13.5 Å². The summed E-state index contributed by atoms with van der Waals surface area (Å²) in [6, 6.07) is 0. The largest absolute Gasteiger partial charge is 0.351 e. The van der Waals surface area contributed by atoms with E-state index in [1.54, 1.807) is 18.7 Å². The molecule has 4 nitrogen and oxygen atoms in total. The molecule has 18 heavy (non-hydrogen) atoms. The number of hydrogen-bond acceptors (Lipinski definition) is 4. The van der Waals surface area contributed by atoms with Crippen molar-refractivity contribution in [1.82, 2.24) is 5.32 Å². The summed E-state index contributed by atoms with van der Waals surface area (Å²) >= 11 is 0. The number of hydrogen-bond donors (Lipinski definition) is 1. The normalized spacial score (nSPS) is 43.0. The molecule has 0 aromatic rings. The van der Waals surface area contributed by atoms with Crippen molar-refractivity contribution in [2.45, 2.75) is 19.3 Å². The third-order valence-electron chi connectivity index (χ3n) is 4.31. The summed E-state index contributed by atoms with van der Waals surface area (Å²) in [6.45, 7) is 0. The molecule has 0 unspecified atom stereocenters. The molecule has 0 aromatic heterocycles. The van der Waals surface area contributed by atoms with E-state index in [4.69, 9.17) is 0 Å². The molecular weight excluding hydrogens is 245 g/mol. The molecule has 0 amide bonds. The van der Waals surface area contributed by atoms with Gasteiger partial charge in [-0.05, 0) is 37.0 Å². The Hall–Kier alpha value is -0.890. The lowest BCUT2D eigenvalue weighted by molar-refractivity contribution is 0.203. The van der Waals surface area contributed by atoms with E-state index in [2.05, 4.69) is 15.3 Å². The maximum Gasteiger partial charge on any atom is 0.117 e. The molecule has 4 heterocycles. The first-order chi connectivity index (χ1) is 8.73. The topological polar surface area (TPSA) is 53.8 Å². The molecule has 5 aliphatic rings. The van der Waals surface area contributed by atoms with Gasteiger partial charge in [-0.15, -0.1) is 0 Å². The highest BCUT2D eigenvalue weighted by Crippen LogP contribution is 2.65. The summed E-state index contributed by atoms with van der Waals surface area (Å²) in [5.74, 6) is 2.64. The minimum Gasteiger partial charge on any atom is -0.351 e. The second-order valence-corrected chi connectivity index (χ2v) is 9.15. The number of aliphatic imine (C=N–C) groups is 2. The lowest BCUT2D eigenvalue weighted by atomic mass is 9.76. The molecule has 0 radical (unpaired) electrons. The van der Waals surface area contributed by atoms with Gasteiger partial charge < -0.3 is 9.88 Å². The minimum atomic E-state index is -1.57. The van der Waals surface area contributed by atoms with Gasteiger partial charge in [-0.2, -0.15) is 0 Å². The van der Waals surface area contributed by atoms with Gasteiger partial charge in [-0.3, -0.25) is 0 Å². The van der Waals surface area contributed by atoms with Crippen LogP contribution in [0, 0.1) is 17.8 Å². The summed E-state index contributed by atoms with van der Waals surface area (Å²) in [4.78, 5) is 7.39. The Morgan fingerprint density at radius 3 is 2.17 bits per heavy atom. The van der Waals surface area contributed by atoms with Gasteiger partial charge in [0.25, 0.3) is 0 Å². The Morgan fingerprint density at radius 1 is 1.00 bits per heavy atom. The highest BCUT2D eigenvalue weighted by Gasteiger charge is 2.47. The van der Waals surface area contributed by atoms with Gasteiger partial charge in [0.1, 0.15) is 6.34 Å².